The average molecular weight is 372 g/mol. The largest absolute Gasteiger partial charge is 0.481 e. The molecule has 6 heteroatoms. The Kier molecular flexibility index (Phi) is 3.65. The van der Waals surface area contributed by atoms with E-state index < -0.39 is 11.9 Å². The van der Waals surface area contributed by atoms with Gasteiger partial charge in [0.15, 0.2) is 5.58 Å². The lowest BCUT2D eigenvalue weighted by Crippen LogP contribution is -2.25. The average Bonchev–Trinajstić information content (AvgIpc) is 3.30. The lowest BCUT2D eigenvalue weighted by Gasteiger charge is -2.15. The lowest BCUT2D eigenvalue weighted by atomic mass is 10.0. The van der Waals surface area contributed by atoms with Gasteiger partial charge in [-0.2, -0.15) is 0 Å². The van der Waals surface area contributed by atoms with E-state index in [4.69, 9.17) is 4.42 Å². The molecule has 0 bridgehead atoms. The number of anilines is 1. The Morgan fingerprint density at radius 3 is 2.75 bits per heavy atom. The standard InChI is InChI=1S/C22H16N2O4/c25-20-10-14(22(26)27)12-24(20)15-8-9-18-19(11-15)28-21(23-18)17-7-3-5-13-4-1-2-6-16(13)17/h1-9,11,14H,10,12H2,(H,26,27)/t14-/m1/s1. The van der Waals surface area contributed by atoms with E-state index in [1.165, 1.54) is 4.90 Å². The number of carboxylic acids is 1. The molecule has 2 heterocycles. The fourth-order valence-electron chi connectivity index (χ4n) is 3.73. The Balaban J connectivity index is 1.56. The number of hydrogen-bond donors (Lipinski definition) is 1. The van der Waals surface area contributed by atoms with Gasteiger partial charge in [0.2, 0.25) is 11.8 Å². The Morgan fingerprint density at radius 1 is 1.11 bits per heavy atom. The number of aliphatic carboxylic acids is 1. The molecule has 4 aromatic rings. The molecule has 0 saturated carbocycles. The molecule has 1 saturated heterocycles. The number of nitrogens with zero attached hydrogens (tertiary/aromatic N) is 2. The summed E-state index contributed by atoms with van der Waals surface area (Å²) in [6, 6.07) is 19.3. The molecular formula is C22H16N2O4. The molecule has 1 N–H and O–H groups in total. The van der Waals surface area contributed by atoms with Crippen molar-refractivity contribution in [2.24, 2.45) is 5.92 Å². The van der Waals surface area contributed by atoms with Crippen molar-refractivity contribution in [1.82, 2.24) is 4.98 Å². The highest BCUT2D eigenvalue weighted by Crippen LogP contribution is 2.33. The minimum absolute atomic E-state index is 0.0189. The van der Waals surface area contributed by atoms with E-state index in [1.54, 1.807) is 18.2 Å². The van der Waals surface area contributed by atoms with E-state index in [-0.39, 0.29) is 18.9 Å². The summed E-state index contributed by atoms with van der Waals surface area (Å²) in [5.74, 6) is -1.31. The third kappa shape index (κ3) is 2.62. The highest BCUT2D eigenvalue weighted by atomic mass is 16.4. The molecule has 0 spiro atoms. The van der Waals surface area contributed by atoms with E-state index in [2.05, 4.69) is 4.98 Å². The molecule has 5 rings (SSSR count). The molecule has 0 aliphatic carbocycles. The van der Waals surface area contributed by atoms with Crippen LogP contribution in [0.4, 0.5) is 5.69 Å². The summed E-state index contributed by atoms with van der Waals surface area (Å²) in [7, 11) is 0. The third-order valence-electron chi connectivity index (χ3n) is 5.18. The first kappa shape index (κ1) is 16.5. The van der Waals surface area contributed by atoms with Crippen LogP contribution in [-0.4, -0.2) is 28.5 Å². The number of carbonyl (C=O) groups excluding carboxylic acids is 1. The van der Waals surface area contributed by atoms with Gasteiger partial charge in [0.1, 0.15) is 5.52 Å². The van der Waals surface area contributed by atoms with Crippen LogP contribution in [0.25, 0.3) is 33.3 Å². The van der Waals surface area contributed by atoms with Crippen molar-refractivity contribution >= 4 is 39.4 Å². The number of rotatable bonds is 3. The van der Waals surface area contributed by atoms with Crippen LogP contribution in [0.2, 0.25) is 0 Å². The van der Waals surface area contributed by atoms with E-state index in [0.717, 1.165) is 16.3 Å². The lowest BCUT2D eigenvalue weighted by molar-refractivity contribution is -0.141. The van der Waals surface area contributed by atoms with Crippen molar-refractivity contribution in [3.8, 4) is 11.5 Å². The highest BCUT2D eigenvalue weighted by Gasteiger charge is 2.35. The molecule has 138 valence electrons. The molecule has 6 nitrogen and oxygen atoms in total. The maximum absolute atomic E-state index is 12.2. The SMILES string of the molecule is O=C(O)[C@@H]1CC(=O)N(c2ccc3nc(-c4cccc5ccccc45)oc3c2)C1. The second-order valence-corrected chi connectivity index (χ2v) is 6.94. The Labute approximate surface area is 160 Å². The van der Waals surface area contributed by atoms with Gasteiger partial charge in [0, 0.05) is 30.3 Å². The maximum atomic E-state index is 12.2. The zero-order chi connectivity index (χ0) is 19.3. The fourth-order valence-corrected chi connectivity index (χ4v) is 3.73. The predicted octanol–water partition coefficient (Wildman–Crippen LogP) is 4.09. The van der Waals surface area contributed by atoms with Gasteiger partial charge in [-0.1, -0.05) is 36.4 Å². The second-order valence-electron chi connectivity index (χ2n) is 6.94. The van der Waals surface area contributed by atoms with Crippen LogP contribution in [0.5, 0.6) is 0 Å². The van der Waals surface area contributed by atoms with Crippen molar-refractivity contribution in [1.29, 1.82) is 0 Å². The van der Waals surface area contributed by atoms with Crippen LogP contribution in [0.3, 0.4) is 0 Å². The first-order chi connectivity index (χ1) is 13.6. The van der Waals surface area contributed by atoms with E-state index in [1.807, 2.05) is 42.5 Å². The van der Waals surface area contributed by atoms with Gasteiger partial charge < -0.3 is 14.4 Å². The van der Waals surface area contributed by atoms with E-state index in [9.17, 15) is 14.7 Å². The molecule has 1 fully saturated rings. The summed E-state index contributed by atoms with van der Waals surface area (Å²) in [5.41, 5.74) is 2.78. The van der Waals surface area contributed by atoms with Gasteiger partial charge in [0.05, 0.1) is 5.92 Å². The minimum atomic E-state index is -0.949. The molecule has 1 aliphatic rings. The Morgan fingerprint density at radius 2 is 1.93 bits per heavy atom. The molecule has 28 heavy (non-hydrogen) atoms. The van der Waals surface area contributed by atoms with E-state index in [0.29, 0.717) is 22.7 Å². The van der Waals surface area contributed by atoms with Crippen molar-refractivity contribution in [3.63, 3.8) is 0 Å². The summed E-state index contributed by atoms with van der Waals surface area (Å²) in [5, 5.41) is 11.3. The normalized spacial score (nSPS) is 16.9. The molecule has 1 aliphatic heterocycles. The number of amides is 1. The van der Waals surface area contributed by atoms with Crippen LogP contribution in [-0.2, 0) is 9.59 Å². The zero-order valence-electron chi connectivity index (χ0n) is 14.8. The van der Waals surface area contributed by atoms with Crippen LogP contribution >= 0.6 is 0 Å². The Bertz CT molecular complexity index is 1240. The topological polar surface area (TPSA) is 83.6 Å². The third-order valence-corrected chi connectivity index (χ3v) is 5.18. The summed E-state index contributed by atoms with van der Waals surface area (Å²) < 4.78 is 6.01. The van der Waals surface area contributed by atoms with Crippen LogP contribution in [0.15, 0.2) is 65.1 Å². The number of aromatic nitrogens is 1. The molecule has 0 radical (unpaired) electrons. The quantitative estimate of drug-likeness (QED) is 0.586. The number of benzene rings is 3. The number of hydrogen-bond acceptors (Lipinski definition) is 4. The summed E-state index contributed by atoms with van der Waals surface area (Å²) in [6.45, 7) is 0.171. The van der Waals surface area contributed by atoms with Gasteiger partial charge in [-0.05, 0) is 29.0 Å². The zero-order valence-corrected chi connectivity index (χ0v) is 14.8. The van der Waals surface area contributed by atoms with Gasteiger partial charge >= 0.3 is 5.97 Å². The number of carboxylic acid groups (broad SMARTS) is 1. The molecule has 3 aromatic carbocycles. The number of carbonyl (C=O) groups is 2. The number of fused-ring (bicyclic) bond motifs is 2. The molecule has 0 unspecified atom stereocenters. The van der Waals surface area contributed by atoms with Crippen molar-refractivity contribution in [3.05, 3.63) is 60.7 Å². The maximum Gasteiger partial charge on any atom is 0.308 e. The van der Waals surface area contributed by atoms with Gasteiger partial charge in [0.25, 0.3) is 0 Å². The summed E-state index contributed by atoms with van der Waals surface area (Å²) in [4.78, 5) is 29.5. The molecular weight excluding hydrogens is 356 g/mol. The minimum Gasteiger partial charge on any atom is -0.481 e. The fraction of sp³-hybridized carbons (Fsp3) is 0.136. The van der Waals surface area contributed by atoms with Crippen molar-refractivity contribution in [2.45, 2.75) is 6.42 Å². The monoisotopic (exact) mass is 372 g/mol. The molecule has 1 atom stereocenters. The van der Waals surface area contributed by atoms with Crippen LogP contribution in [0.1, 0.15) is 6.42 Å². The predicted molar refractivity (Wildman–Crippen MR) is 105 cm³/mol. The van der Waals surface area contributed by atoms with Gasteiger partial charge in [-0.15, -0.1) is 0 Å². The van der Waals surface area contributed by atoms with Crippen molar-refractivity contribution < 1.29 is 19.1 Å². The molecule has 1 amide bonds. The summed E-state index contributed by atoms with van der Waals surface area (Å²) in [6.07, 6.45) is 0.0189. The van der Waals surface area contributed by atoms with Crippen molar-refractivity contribution in [2.75, 3.05) is 11.4 Å². The first-order valence-corrected chi connectivity index (χ1v) is 9.02. The highest BCUT2D eigenvalue weighted by molar-refractivity contribution is 6.00. The summed E-state index contributed by atoms with van der Waals surface area (Å²) >= 11 is 0. The number of oxazole rings is 1. The van der Waals surface area contributed by atoms with Gasteiger partial charge in [-0.25, -0.2) is 4.98 Å². The van der Waals surface area contributed by atoms with Gasteiger partial charge in [-0.3, -0.25) is 9.59 Å². The van der Waals surface area contributed by atoms with E-state index >= 15 is 0 Å². The Hall–Kier alpha value is -3.67. The molecule has 1 aromatic heterocycles. The van der Waals surface area contributed by atoms with Crippen LogP contribution in [0, 0.1) is 5.92 Å². The first-order valence-electron chi connectivity index (χ1n) is 9.02. The smallest absolute Gasteiger partial charge is 0.308 e. The second kappa shape index (κ2) is 6.20. The van der Waals surface area contributed by atoms with Crippen LogP contribution < -0.4 is 4.90 Å².